The summed E-state index contributed by atoms with van der Waals surface area (Å²) in [4.78, 5) is 54.4. The van der Waals surface area contributed by atoms with Crippen LogP contribution in [0, 0.1) is 0 Å². The summed E-state index contributed by atoms with van der Waals surface area (Å²) in [7, 11) is -10.7. The third kappa shape index (κ3) is 36.7. The van der Waals surface area contributed by atoms with Gasteiger partial charge in [-0.25, -0.2) is 9.13 Å². The fraction of sp³-hybridized carbons (Fsp3) is 0.692. The number of carbonyl (C=O) groups is 2. The van der Waals surface area contributed by atoms with E-state index >= 15 is 0 Å². The lowest BCUT2D eigenvalue weighted by atomic mass is 9.85. The molecule has 17 nitrogen and oxygen atoms in total. The van der Waals surface area contributed by atoms with Crippen LogP contribution in [0.1, 0.15) is 168 Å². The maximum Gasteiger partial charge on any atom is 0.472 e. The molecular weight excluding hydrogens is 959 g/mol. The average molecular weight is 1050 g/mol. The van der Waals surface area contributed by atoms with Crippen molar-refractivity contribution in [2.75, 3.05) is 13.2 Å². The number of phosphoric ester groups is 2. The molecule has 1 aliphatic rings. The molecule has 0 aliphatic heterocycles. The first kappa shape index (κ1) is 66.2. The number of hydrogen-bond acceptors (Lipinski definition) is 14. The fourth-order valence-corrected chi connectivity index (χ4v) is 8.76. The van der Waals surface area contributed by atoms with Crippen molar-refractivity contribution < 1.29 is 82.0 Å². The van der Waals surface area contributed by atoms with E-state index in [-0.39, 0.29) is 18.9 Å². The monoisotopic (exact) mass is 1050 g/mol. The van der Waals surface area contributed by atoms with E-state index in [1.165, 1.54) is 25.7 Å². The molecule has 5 unspecified atom stereocenters. The summed E-state index contributed by atoms with van der Waals surface area (Å²) < 4.78 is 49.4. The van der Waals surface area contributed by atoms with E-state index in [1.54, 1.807) is 6.92 Å². The second-order valence-corrected chi connectivity index (χ2v) is 20.4. The molecule has 0 aromatic heterocycles. The SMILES string of the molecule is CCCCCC/C=C\C/C=C\C/C=C\CCCCCCCCC(=O)O[C@H](COC(=O)CCC/C=C\C/C=C\C/C=C\C/C=C\CCC[C@@H](C)O)COP(=O)(O)O[C@H]1C(O)C(O)C(O)[C@@H](OP(=O)(O)O)C1O. The van der Waals surface area contributed by atoms with Gasteiger partial charge in [0.15, 0.2) is 6.10 Å². The number of allylic oxidation sites excluding steroid dienone is 14. The Morgan fingerprint density at radius 3 is 1.42 bits per heavy atom. The van der Waals surface area contributed by atoms with Crippen molar-refractivity contribution >= 4 is 27.6 Å². The predicted octanol–water partition coefficient (Wildman–Crippen LogP) is 9.54. The Bertz CT molecular complexity index is 1700. The summed E-state index contributed by atoms with van der Waals surface area (Å²) in [5.74, 6) is -1.31. The third-order valence-corrected chi connectivity index (χ3v) is 12.7. The number of rotatable bonds is 42. The van der Waals surface area contributed by atoms with E-state index in [1.807, 2.05) is 18.2 Å². The van der Waals surface area contributed by atoms with Crippen LogP contribution in [0.15, 0.2) is 85.1 Å². The molecule has 1 rings (SSSR count). The molecule has 0 saturated heterocycles. The maximum atomic E-state index is 13.0. The van der Waals surface area contributed by atoms with E-state index in [9.17, 15) is 58.9 Å². The van der Waals surface area contributed by atoms with Gasteiger partial charge < -0.3 is 49.7 Å². The largest absolute Gasteiger partial charge is 0.472 e. The number of aliphatic hydroxyl groups is 5. The molecule has 1 saturated carbocycles. The molecule has 1 fully saturated rings. The molecular formula is C52H88O17P2. The summed E-state index contributed by atoms with van der Waals surface area (Å²) in [5, 5.41) is 50.6. The molecule has 8 N–H and O–H groups in total. The zero-order valence-corrected chi connectivity index (χ0v) is 44.0. The minimum atomic E-state index is -5.38. The molecule has 0 heterocycles. The second-order valence-electron chi connectivity index (χ2n) is 17.8. The van der Waals surface area contributed by atoms with Crippen LogP contribution in [-0.4, -0.2) is 114 Å². The Morgan fingerprint density at radius 1 is 0.507 bits per heavy atom. The van der Waals surface area contributed by atoms with Crippen molar-refractivity contribution in [3.8, 4) is 0 Å². The molecule has 0 bridgehead atoms. The van der Waals surface area contributed by atoms with Crippen molar-refractivity contribution in [2.24, 2.45) is 0 Å². The van der Waals surface area contributed by atoms with Gasteiger partial charge in [0.1, 0.15) is 43.2 Å². The first-order chi connectivity index (χ1) is 34.0. The second kappa shape index (κ2) is 41.5. The van der Waals surface area contributed by atoms with E-state index in [2.05, 4.69) is 78.3 Å². The van der Waals surface area contributed by atoms with Crippen LogP contribution in [0.25, 0.3) is 0 Å². The maximum absolute atomic E-state index is 13.0. The van der Waals surface area contributed by atoms with Crippen molar-refractivity contribution in [3.63, 3.8) is 0 Å². The van der Waals surface area contributed by atoms with Crippen LogP contribution in [0.2, 0.25) is 0 Å². The minimum Gasteiger partial charge on any atom is -0.462 e. The molecule has 0 amide bonds. The van der Waals surface area contributed by atoms with Crippen molar-refractivity contribution in [2.45, 2.75) is 217 Å². The van der Waals surface area contributed by atoms with Crippen LogP contribution in [0.4, 0.5) is 0 Å². The van der Waals surface area contributed by atoms with Crippen LogP contribution in [0.3, 0.4) is 0 Å². The number of hydrogen-bond donors (Lipinski definition) is 8. The summed E-state index contributed by atoms with van der Waals surface area (Å²) >= 11 is 0. The van der Waals surface area contributed by atoms with Gasteiger partial charge in [-0.05, 0) is 103 Å². The molecule has 1 aliphatic carbocycles. The number of esters is 2. The lowest BCUT2D eigenvalue weighted by molar-refractivity contribution is -0.216. The Morgan fingerprint density at radius 2 is 0.930 bits per heavy atom. The van der Waals surface area contributed by atoms with Crippen molar-refractivity contribution in [3.05, 3.63) is 85.1 Å². The first-order valence-electron chi connectivity index (χ1n) is 25.7. The van der Waals surface area contributed by atoms with E-state index in [0.29, 0.717) is 19.3 Å². The number of phosphoric acid groups is 2. The predicted molar refractivity (Wildman–Crippen MR) is 275 cm³/mol. The van der Waals surface area contributed by atoms with Gasteiger partial charge in [-0.3, -0.25) is 23.2 Å². The Kier molecular flexibility index (Phi) is 38.7. The van der Waals surface area contributed by atoms with E-state index in [4.69, 9.17) is 18.5 Å². The topological polar surface area (TPSA) is 276 Å². The van der Waals surface area contributed by atoms with Crippen LogP contribution in [-0.2, 0) is 41.8 Å². The van der Waals surface area contributed by atoms with Crippen molar-refractivity contribution in [1.82, 2.24) is 0 Å². The van der Waals surface area contributed by atoms with Gasteiger partial charge in [0.2, 0.25) is 0 Å². The van der Waals surface area contributed by atoms with Crippen LogP contribution < -0.4 is 0 Å². The highest BCUT2D eigenvalue weighted by molar-refractivity contribution is 7.47. The highest BCUT2D eigenvalue weighted by atomic mass is 31.2. The van der Waals surface area contributed by atoms with Gasteiger partial charge in [-0.1, -0.05) is 137 Å². The average Bonchev–Trinajstić information content (AvgIpc) is 3.32. The number of aliphatic hydroxyl groups excluding tert-OH is 5. The lowest BCUT2D eigenvalue weighted by Gasteiger charge is -2.43. The standard InChI is InChI=1S/C52H88O17P2/c1-3-4-5-6-7-8-9-10-11-12-13-14-15-18-22-25-28-31-34-37-40-46(55)67-44(42-66-71(63,64)69-52-49(58)47(56)48(57)51(50(52)59)68-70(60,61)62)41-65-45(54)39-36-33-30-27-24-21-19-16-17-20-23-26-29-32-35-38-43(2)53/h8-9,11-12,14-15,17,19-21,26-27,29-30,43-44,47-53,56-59H,3-7,10,13,16,18,22-25,28,31-42H2,1-2H3,(H,63,64)(H2,60,61,62)/b9-8-,12-11-,15-14-,20-17-,21-19-,29-26-,30-27-/t43-,44-,47?,48?,49?,50?,51-,52+/m1/s1. The van der Waals surface area contributed by atoms with Gasteiger partial charge in [0, 0.05) is 12.8 Å². The molecule has 0 spiro atoms. The molecule has 71 heavy (non-hydrogen) atoms. The zero-order valence-electron chi connectivity index (χ0n) is 42.2. The van der Waals surface area contributed by atoms with Crippen molar-refractivity contribution in [1.29, 1.82) is 0 Å². The van der Waals surface area contributed by atoms with Crippen LogP contribution in [0.5, 0.6) is 0 Å². The summed E-state index contributed by atoms with van der Waals surface area (Å²) in [5.41, 5.74) is 0. The molecule has 9 atom stereocenters. The summed E-state index contributed by atoms with van der Waals surface area (Å²) in [6, 6.07) is 0. The quantitative estimate of drug-likeness (QED) is 0.0122. The Hall–Kier alpha value is -2.86. The Balaban J connectivity index is 2.60. The van der Waals surface area contributed by atoms with Gasteiger partial charge in [0.05, 0.1) is 12.7 Å². The fourth-order valence-electron chi connectivity index (χ4n) is 7.22. The summed E-state index contributed by atoms with van der Waals surface area (Å²) in [6.07, 6.45) is 35.2. The number of ether oxygens (including phenoxy) is 2. The highest BCUT2D eigenvalue weighted by Gasteiger charge is 2.54. The van der Waals surface area contributed by atoms with Crippen LogP contribution >= 0.6 is 15.6 Å². The molecule has 0 radical (unpaired) electrons. The zero-order chi connectivity index (χ0) is 52.6. The first-order valence-corrected chi connectivity index (χ1v) is 28.7. The molecule has 0 aromatic carbocycles. The molecule has 19 heteroatoms. The molecule has 408 valence electrons. The van der Waals surface area contributed by atoms with Gasteiger partial charge >= 0.3 is 27.6 Å². The smallest absolute Gasteiger partial charge is 0.462 e. The number of carbonyl (C=O) groups excluding carboxylic acids is 2. The van der Waals surface area contributed by atoms with Gasteiger partial charge in [-0.15, -0.1) is 0 Å². The lowest BCUT2D eigenvalue weighted by Crippen LogP contribution is -2.64. The third-order valence-electron chi connectivity index (χ3n) is 11.2. The summed E-state index contributed by atoms with van der Waals surface area (Å²) in [6.45, 7) is 2.59. The minimum absolute atomic E-state index is 0.00695. The van der Waals surface area contributed by atoms with E-state index in [0.717, 1.165) is 96.3 Å². The highest BCUT2D eigenvalue weighted by Crippen LogP contribution is 2.49. The Labute approximate surface area is 423 Å². The molecule has 0 aromatic rings. The van der Waals surface area contributed by atoms with E-state index < -0.39 is 83.5 Å². The van der Waals surface area contributed by atoms with Gasteiger partial charge in [-0.2, -0.15) is 0 Å². The normalized spacial score (nSPS) is 22.0. The van der Waals surface area contributed by atoms with Gasteiger partial charge in [0.25, 0.3) is 0 Å². The number of unbranched alkanes of at least 4 members (excludes halogenated alkanes) is 12.